The van der Waals surface area contributed by atoms with Gasteiger partial charge in [0, 0.05) is 6.54 Å². The molecule has 0 aromatic heterocycles. The molecule has 106 valence electrons. The molecule has 20 heavy (non-hydrogen) atoms. The van der Waals surface area contributed by atoms with Gasteiger partial charge in [0.1, 0.15) is 5.92 Å². The van der Waals surface area contributed by atoms with Crippen LogP contribution in [0.4, 0.5) is 0 Å². The molecule has 1 aromatic carbocycles. The Morgan fingerprint density at radius 1 is 1.35 bits per heavy atom. The van der Waals surface area contributed by atoms with E-state index in [1.165, 1.54) is 12.8 Å². The van der Waals surface area contributed by atoms with E-state index in [1.54, 1.807) is 12.1 Å². The van der Waals surface area contributed by atoms with Crippen LogP contribution in [0.15, 0.2) is 30.3 Å². The second-order valence-electron chi connectivity index (χ2n) is 5.04. The van der Waals surface area contributed by atoms with Crippen molar-refractivity contribution >= 4 is 5.91 Å². The van der Waals surface area contributed by atoms with Gasteiger partial charge in [-0.1, -0.05) is 43.2 Å². The van der Waals surface area contributed by atoms with E-state index >= 15 is 0 Å². The molecule has 0 spiro atoms. The van der Waals surface area contributed by atoms with Gasteiger partial charge in [-0.2, -0.15) is 5.26 Å². The number of ether oxygens (including phenoxy) is 1. The number of nitrogens with one attached hydrogen (secondary N) is 1. The first kappa shape index (κ1) is 14.5. The number of hydrogen-bond donors (Lipinski definition) is 1. The van der Waals surface area contributed by atoms with Gasteiger partial charge in [-0.25, -0.2) is 0 Å². The first-order valence-corrected chi connectivity index (χ1v) is 7.15. The van der Waals surface area contributed by atoms with Gasteiger partial charge >= 0.3 is 0 Å². The minimum absolute atomic E-state index is 0.256. The standard InChI is InChI=1S/C16H20N2O2/c17-12-15(13-6-2-1-3-7-13)16(19)18-10-11-20-14-8-4-5-9-14/h1-3,6-7,14-15H,4-5,8-11H2,(H,18,19). The lowest BCUT2D eigenvalue weighted by Crippen LogP contribution is -2.32. The van der Waals surface area contributed by atoms with Gasteiger partial charge in [0.25, 0.3) is 0 Å². The van der Waals surface area contributed by atoms with E-state index < -0.39 is 5.92 Å². The molecule has 1 aromatic rings. The molecule has 1 atom stereocenters. The van der Waals surface area contributed by atoms with Crippen molar-refractivity contribution in [2.75, 3.05) is 13.2 Å². The van der Waals surface area contributed by atoms with E-state index in [0.717, 1.165) is 18.4 Å². The fraction of sp³-hybridized carbons (Fsp3) is 0.500. The van der Waals surface area contributed by atoms with Crippen LogP contribution in [0, 0.1) is 11.3 Å². The number of nitrogens with zero attached hydrogens (tertiary/aromatic N) is 1. The van der Waals surface area contributed by atoms with E-state index in [2.05, 4.69) is 5.32 Å². The summed E-state index contributed by atoms with van der Waals surface area (Å²) in [5, 5.41) is 11.9. The maximum atomic E-state index is 12.0. The quantitative estimate of drug-likeness (QED) is 0.809. The number of carbonyl (C=O) groups is 1. The summed E-state index contributed by atoms with van der Waals surface area (Å²) in [6, 6.07) is 11.2. The van der Waals surface area contributed by atoms with E-state index in [-0.39, 0.29) is 5.91 Å². The molecule has 1 aliphatic rings. The average Bonchev–Trinajstić information content (AvgIpc) is 2.99. The Bertz CT molecular complexity index is 461. The van der Waals surface area contributed by atoms with Crippen molar-refractivity contribution < 1.29 is 9.53 Å². The van der Waals surface area contributed by atoms with Gasteiger partial charge in [0.15, 0.2) is 0 Å². The normalized spacial score (nSPS) is 16.6. The molecular weight excluding hydrogens is 252 g/mol. The fourth-order valence-electron chi connectivity index (χ4n) is 2.49. The minimum atomic E-state index is -0.748. The van der Waals surface area contributed by atoms with Crippen molar-refractivity contribution in [2.45, 2.75) is 37.7 Å². The van der Waals surface area contributed by atoms with Crippen LogP contribution >= 0.6 is 0 Å². The SMILES string of the molecule is N#CC(C(=O)NCCOC1CCCC1)c1ccccc1. The third-order valence-electron chi connectivity index (χ3n) is 3.58. The predicted molar refractivity (Wildman–Crippen MR) is 76.0 cm³/mol. The maximum Gasteiger partial charge on any atom is 0.241 e. The van der Waals surface area contributed by atoms with Crippen molar-refractivity contribution in [2.24, 2.45) is 0 Å². The van der Waals surface area contributed by atoms with Gasteiger partial charge in [0.05, 0.1) is 18.8 Å². The van der Waals surface area contributed by atoms with Gasteiger partial charge in [-0.05, 0) is 18.4 Å². The zero-order valence-corrected chi connectivity index (χ0v) is 11.5. The number of rotatable bonds is 6. The number of carbonyl (C=O) groups excluding carboxylic acids is 1. The monoisotopic (exact) mass is 272 g/mol. The summed E-state index contributed by atoms with van der Waals surface area (Å²) in [6.07, 6.45) is 5.08. The Labute approximate surface area is 119 Å². The number of benzene rings is 1. The third kappa shape index (κ3) is 4.07. The lowest BCUT2D eigenvalue weighted by molar-refractivity contribution is -0.121. The fourth-order valence-corrected chi connectivity index (χ4v) is 2.49. The summed E-state index contributed by atoms with van der Waals surface area (Å²) in [4.78, 5) is 12.0. The molecule has 1 N–H and O–H groups in total. The van der Waals surface area contributed by atoms with Crippen molar-refractivity contribution in [3.05, 3.63) is 35.9 Å². The third-order valence-corrected chi connectivity index (χ3v) is 3.58. The maximum absolute atomic E-state index is 12.0. The van der Waals surface area contributed by atoms with E-state index in [9.17, 15) is 4.79 Å². The summed E-state index contributed by atoms with van der Waals surface area (Å²) in [7, 11) is 0. The predicted octanol–water partition coefficient (Wildman–Crippen LogP) is 2.37. The average molecular weight is 272 g/mol. The molecule has 1 amide bonds. The highest BCUT2D eigenvalue weighted by Crippen LogP contribution is 2.20. The van der Waals surface area contributed by atoms with E-state index in [1.807, 2.05) is 24.3 Å². The minimum Gasteiger partial charge on any atom is -0.376 e. The molecule has 1 unspecified atom stereocenters. The smallest absolute Gasteiger partial charge is 0.241 e. The number of nitriles is 1. The summed E-state index contributed by atoms with van der Waals surface area (Å²) in [5.41, 5.74) is 0.726. The molecule has 1 fully saturated rings. The van der Waals surface area contributed by atoms with Crippen LogP contribution in [0.1, 0.15) is 37.2 Å². The second-order valence-corrected chi connectivity index (χ2v) is 5.04. The summed E-state index contributed by atoms with van der Waals surface area (Å²) >= 11 is 0. The Hall–Kier alpha value is -1.86. The van der Waals surface area contributed by atoms with Crippen molar-refractivity contribution in [1.29, 1.82) is 5.26 Å². The van der Waals surface area contributed by atoms with E-state index in [0.29, 0.717) is 19.3 Å². The second kappa shape index (κ2) is 7.66. The molecule has 1 aliphatic carbocycles. The molecule has 0 saturated heterocycles. The van der Waals surface area contributed by atoms with Gasteiger partial charge in [-0.3, -0.25) is 4.79 Å². The Morgan fingerprint density at radius 3 is 2.70 bits per heavy atom. The van der Waals surface area contributed by atoms with Crippen LogP contribution in [0.25, 0.3) is 0 Å². The van der Waals surface area contributed by atoms with Crippen LogP contribution in [0.2, 0.25) is 0 Å². The first-order valence-electron chi connectivity index (χ1n) is 7.15. The molecule has 1 saturated carbocycles. The van der Waals surface area contributed by atoms with Crippen molar-refractivity contribution in [3.63, 3.8) is 0 Å². The largest absolute Gasteiger partial charge is 0.376 e. The molecule has 0 aliphatic heterocycles. The van der Waals surface area contributed by atoms with Crippen LogP contribution < -0.4 is 5.32 Å². The zero-order valence-electron chi connectivity index (χ0n) is 11.5. The molecule has 4 nitrogen and oxygen atoms in total. The summed E-state index contributed by atoms with van der Waals surface area (Å²) in [6.45, 7) is 0.976. The highest BCUT2D eigenvalue weighted by molar-refractivity contribution is 5.86. The topological polar surface area (TPSA) is 62.1 Å². The highest BCUT2D eigenvalue weighted by Gasteiger charge is 2.19. The van der Waals surface area contributed by atoms with Gasteiger partial charge < -0.3 is 10.1 Å². The molecular formula is C16H20N2O2. The Morgan fingerprint density at radius 2 is 2.05 bits per heavy atom. The lowest BCUT2D eigenvalue weighted by Gasteiger charge is -2.13. The Balaban J connectivity index is 1.74. The summed E-state index contributed by atoms with van der Waals surface area (Å²) < 4.78 is 5.67. The molecule has 4 heteroatoms. The molecule has 2 rings (SSSR count). The molecule has 0 heterocycles. The number of hydrogen-bond acceptors (Lipinski definition) is 3. The van der Waals surface area contributed by atoms with Crippen LogP contribution in [-0.4, -0.2) is 25.2 Å². The number of amides is 1. The first-order chi connectivity index (χ1) is 9.81. The zero-order chi connectivity index (χ0) is 14.2. The highest BCUT2D eigenvalue weighted by atomic mass is 16.5. The molecule has 0 bridgehead atoms. The Kier molecular flexibility index (Phi) is 5.57. The van der Waals surface area contributed by atoms with E-state index in [4.69, 9.17) is 10.00 Å². The van der Waals surface area contributed by atoms with Crippen molar-refractivity contribution in [3.8, 4) is 6.07 Å². The molecule has 0 radical (unpaired) electrons. The van der Waals surface area contributed by atoms with Crippen LogP contribution in [0.3, 0.4) is 0 Å². The van der Waals surface area contributed by atoms with Crippen LogP contribution in [-0.2, 0) is 9.53 Å². The summed E-state index contributed by atoms with van der Waals surface area (Å²) in [5.74, 6) is -1.00. The van der Waals surface area contributed by atoms with Crippen LogP contribution in [0.5, 0.6) is 0 Å². The lowest BCUT2D eigenvalue weighted by atomic mass is 10.00. The van der Waals surface area contributed by atoms with Crippen molar-refractivity contribution in [1.82, 2.24) is 5.32 Å². The van der Waals surface area contributed by atoms with Gasteiger partial charge in [0.2, 0.25) is 5.91 Å². The van der Waals surface area contributed by atoms with Gasteiger partial charge in [-0.15, -0.1) is 0 Å².